The number of benzene rings is 2. The van der Waals surface area contributed by atoms with E-state index in [2.05, 4.69) is 16.3 Å². The van der Waals surface area contributed by atoms with Crippen LogP contribution in [-0.4, -0.2) is 22.3 Å². The normalized spacial score (nSPS) is 15.5. The highest BCUT2D eigenvalue weighted by atomic mass is 35.5. The molecule has 4 rings (SSSR count). The van der Waals surface area contributed by atoms with Crippen molar-refractivity contribution < 1.29 is 9.53 Å². The van der Waals surface area contributed by atoms with E-state index in [1.807, 2.05) is 55.6 Å². The summed E-state index contributed by atoms with van der Waals surface area (Å²) in [6.45, 7) is 2.16. The number of nitrogens with one attached hydrogen (secondary N) is 1. The number of aromatic nitrogens is 2. The van der Waals surface area contributed by atoms with Gasteiger partial charge in [-0.2, -0.15) is 5.10 Å². The van der Waals surface area contributed by atoms with Crippen molar-refractivity contribution in [2.75, 3.05) is 11.9 Å². The van der Waals surface area contributed by atoms with Gasteiger partial charge in [0.05, 0.1) is 11.9 Å². The maximum Gasteiger partial charge on any atom is 0.226 e. The highest BCUT2D eigenvalue weighted by Crippen LogP contribution is 2.39. The second-order valence-electron chi connectivity index (χ2n) is 6.61. The molecule has 5 nitrogen and oxygen atoms in total. The number of nitrogens with zero attached hydrogens (tertiary/aromatic N) is 2. The van der Waals surface area contributed by atoms with Crippen molar-refractivity contribution in [1.29, 1.82) is 0 Å². The van der Waals surface area contributed by atoms with E-state index in [1.165, 1.54) is 0 Å². The average Bonchev–Trinajstić information content (AvgIpc) is 3.12. The Bertz CT molecular complexity index is 1080. The lowest BCUT2D eigenvalue weighted by atomic mass is 9.87. The lowest BCUT2D eigenvalue weighted by Gasteiger charge is -2.24. The van der Waals surface area contributed by atoms with Crippen molar-refractivity contribution >= 4 is 23.3 Å². The average molecular weight is 392 g/mol. The number of terminal acetylenes is 1. The van der Waals surface area contributed by atoms with Gasteiger partial charge in [-0.3, -0.25) is 4.79 Å². The van der Waals surface area contributed by atoms with Crippen LogP contribution < -0.4 is 10.1 Å². The number of ether oxygens (including phenoxy) is 1. The van der Waals surface area contributed by atoms with Gasteiger partial charge < -0.3 is 10.1 Å². The second kappa shape index (κ2) is 7.41. The van der Waals surface area contributed by atoms with Gasteiger partial charge in [-0.1, -0.05) is 35.7 Å². The molecule has 0 saturated carbocycles. The van der Waals surface area contributed by atoms with Gasteiger partial charge in [0.25, 0.3) is 0 Å². The number of rotatable bonds is 4. The molecule has 1 N–H and O–H groups in total. The summed E-state index contributed by atoms with van der Waals surface area (Å²) in [7, 11) is 0. The molecule has 2 heterocycles. The fraction of sp³-hybridized carbons (Fsp3) is 0.182. The van der Waals surface area contributed by atoms with Crippen LogP contribution in [0.25, 0.3) is 5.69 Å². The standard InChI is InChI=1S/C22H18ClN3O2/c1-3-11-28-16-9-7-15(8-10-16)17-12-21(27)25-22-18(17)13-24-26(22)20-6-4-5-19(23)14(20)2/h1,4-10,13,17H,11-12H2,2H3,(H,25,27)/t17-/m0/s1. The molecule has 2 aromatic carbocycles. The maximum atomic E-state index is 12.4. The zero-order chi connectivity index (χ0) is 19.7. The molecular formula is C22H18ClN3O2. The van der Waals surface area contributed by atoms with E-state index in [1.54, 1.807) is 4.68 Å². The smallest absolute Gasteiger partial charge is 0.226 e. The van der Waals surface area contributed by atoms with Crippen LogP contribution >= 0.6 is 11.6 Å². The zero-order valence-corrected chi connectivity index (χ0v) is 16.0. The van der Waals surface area contributed by atoms with Crippen molar-refractivity contribution in [2.24, 2.45) is 0 Å². The fourth-order valence-corrected chi connectivity index (χ4v) is 3.62. The molecule has 1 amide bonds. The van der Waals surface area contributed by atoms with E-state index in [0.717, 1.165) is 22.4 Å². The fourth-order valence-electron chi connectivity index (χ4n) is 3.45. The minimum absolute atomic E-state index is 0.0495. The first kappa shape index (κ1) is 18.1. The molecular weight excluding hydrogens is 374 g/mol. The van der Waals surface area contributed by atoms with Gasteiger partial charge in [0, 0.05) is 22.9 Å². The number of carbonyl (C=O) groups excluding carboxylic acids is 1. The molecule has 0 spiro atoms. The van der Waals surface area contributed by atoms with Gasteiger partial charge in [0.1, 0.15) is 18.2 Å². The molecule has 0 bridgehead atoms. The molecule has 6 heteroatoms. The van der Waals surface area contributed by atoms with Gasteiger partial charge in [0.15, 0.2) is 0 Å². The van der Waals surface area contributed by atoms with Crippen molar-refractivity contribution in [1.82, 2.24) is 9.78 Å². The lowest BCUT2D eigenvalue weighted by Crippen LogP contribution is -2.24. The Hall–Kier alpha value is -3.23. The number of carbonyl (C=O) groups is 1. The van der Waals surface area contributed by atoms with Crippen LogP contribution in [0.3, 0.4) is 0 Å². The summed E-state index contributed by atoms with van der Waals surface area (Å²) in [6, 6.07) is 13.3. The monoisotopic (exact) mass is 391 g/mol. The molecule has 28 heavy (non-hydrogen) atoms. The summed E-state index contributed by atoms with van der Waals surface area (Å²) in [4.78, 5) is 12.4. The van der Waals surface area contributed by atoms with E-state index in [9.17, 15) is 4.79 Å². The van der Waals surface area contributed by atoms with Gasteiger partial charge in [-0.15, -0.1) is 6.42 Å². The third-order valence-electron chi connectivity index (χ3n) is 4.89. The minimum Gasteiger partial charge on any atom is -0.481 e. The summed E-state index contributed by atoms with van der Waals surface area (Å²) in [6.07, 6.45) is 7.39. The Balaban J connectivity index is 1.73. The second-order valence-corrected chi connectivity index (χ2v) is 7.02. The zero-order valence-electron chi connectivity index (χ0n) is 15.3. The van der Waals surface area contributed by atoms with Crippen LogP contribution in [0.4, 0.5) is 5.82 Å². The van der Waals surface area contributed by atoms with Gasteiger partial charge >= 0.3 is 0 Å². The molecule has 0 fully saturated rings. The topological polar surface area (TPSA) is 56.1 Å². The van der Waals surface area contributed by atoms with Crippen molar-refractivity contribution in [3.8, 4) is 23.8 Å². The van der Waals surface area contributed by atoms with E-state index in [4.69, 9.17) is 22.8 Å². The Kier molecular flexibility index (Phi) is 4.81. The van der Waals surface area contributed by atoms with Gasteiger partial charge in [-0.25, -0.2) is 4.68 Å². The predicted octanol–water partition coefficient (Wildman–Crippen LogP) is 4.32. The lowest BCUT2D eigenvalue weighted by molar-refractivity contribution is -0.116. The van der Waals surface area contributed by atoms with Crippen molar-refractivity contribution in [2.45, 2.75) is 19.3 Å². The van der Waals surface area contributed by atoms with Crippen LogP contribution in [0.15, 0.2) is 48.7 Å². The number of hydrogen-bond donors (Lipinski definition) is 1. The van der Waals surface area contributed by atoms with E-state index in [-0.39, 0.29) is 18.4 Å². The van der Waals surface area contributed by atoms with Crippen molar-refractivity contribution in [3.05, 3.63) is 70.4 Å². The third kappa shape index (κ3) is 3.23. The van der Waals surface area contributed by atoms with Crippen LogP contribution in [-0.2, 0) is 4.79 Å². The number of fused-ring (bicyclic) bond motifs is 1. The summed E-state index contributed by atoms with van der Waals surface area (Å²) in [5.74, 6) is 3.69. The summed E-state index contributed by atoms with van der Waals surface area (Å²) in [5.41, 5.74) is 3.73. The summed E-state index contributed by atoms with van der Waals surface area (Å²) < 4.78 is 7.17. The molecule has 3 aromatic rings. The maximum absolute atomic E-state index is 12.4. The third-order valence-corrected chi connectivity index (χ3v) is 5.30. The van der Waals surface area contributed by atoms with Crippen molar-refractivity contribution in [3.63, 3.8) is 0 Å². The minimum atomic E-state index is -0.0846. The Morgan fingerprint density at radius 2 is 2.11 bits per heavy atom. The molecule has 0 aliphatic carbocycles. The number of halogens is 1. The van der Waals surface area contributed by atoms with Gasteiger partial charge in [-0.05, 0) is 42.3 Å². The largest absolute Gasteiger partial charge is 0.481 e. The first-order valence-corrected chi connectivity index (χ1v) is 9.25. The molecule has 1 aliphatic rings. The van der Waals surface area contributed by atoms with E-state index < -0.39 is 0 Å². The van der Waals surface area contributed by atoms with Crippen LogP contribution in [0, 0.1) is 19.3 Å². The molecule has 1 aliphatic heterocycles. The first-order valence-electron chi connectivity index (χ1n) is 8.88. The molecule has 0 unspecified atom stereocenters. The van der Waals surface area contributed by atoms with Crippen LogP contribution in [0.5, 0.6) is 5.75 Å². The first-order chi connectivity index (χ1) is 13.6. The molecule has 0 radical (unpaired) electrons. The highest BCUT2D eigenvalue weighted by molar-refractivity contribution is 6.31. The Morgan fingerprint density at radius 3 is 2.86 bits per heavy atom. The Labute approximate surface area is 168 Å². The number of anilines is 1. The molecule has 1 atom stereocenters. The quantitative estimate of drug-likeness (QED) is 0.674. The summed E-state index contributed by atoms with van der Waals surface area (Å²) >= 11 is 6.27. The van der Waals surface area contributed by atoms with E-state index in [0.29, 0.717) is 23.0 Å². The molecule has 140 valence electrons. The Morgan fingerprint density at radius 1 is 1.32 bits per heavy atom. The van der Waals surface area contributed by atoms with E-state index >= 15 is 0 Å². The van der Waals surface area contributed by atoms with Crippen LogP contribution in [0.1, 0.15) is 29.0 Å². The number of amides is 1. The van der Waals surface area contributed by atoms with Crippen LogP contribution in [0.2, 0.25) is 5.02 Å². The predicted molar refractivity (Wildman–Crippen MR) is 109 cm³/mol. The SMILES string of the molecule is C#CCOc1ccc([C@@H]2CC(=O)Nc3c2cnn3-c2cccc(Cl)c2C)cc1. The highest BCUT2D eigenvalue weighted by Gasteiger charge is 2.30. The van der Waals surface area contributed by atoms with Gasteiger partial charge in [0.2, 0.25) is 5.91 Å². The molecule has 1 aromatic heterocycles. The number of hydrogen-bond acceptors (Lipinski definition) is 3. The summed E-state index contributed by atoms with van der Waals surface area (Å²) in [5, 5.41) is 8.15. The molecule has 0 saturated heterocycles.